The minimum Gasteiger partial charge on any atom is -0.353 e. The Bertz CT molecular complexity index is 155. The van der Waals surface area contributed by atoms with Gasteiger partial charge in [-0.2, -0.15) is 0 Å². The number of nitrogens with one attached hydrogen (secondary N) is 1. The average molecular weight is 200 g/mol. The maximum absolute atomic E-state index is 11.6. The third kappa shape index (κ3) is 5.22. The van der Waals surface area contributed by atoms with Gasteiger partial charge >= 0.3 is 0 Å². The van der Waals surface area contributed by atoms with Gasteiger partial charge in [0.1, 0.15) is 0 Å². The molecule has 0 aromatic rings. The van der Waals surface area contributed by atoms with E-state index >= 15 is 0 Å². The lowest BCUT2D eigenvalue weighted by molar-refractivity contribution is -0.125. The first-order valence-electron chi connectivity index (χ1n) is 5.66. The van der Waals surface area contributed by atoms with Crippen LogP contribution in [-0.4, -0.2) is 18.5 Å². The van der Waals surface area contributed by atoms with Crippen LogP contribution in [0.3, 0.4) is 0 Å². The van der Waals surface area contributed by atoms with Gasteiger partial charge in [0.05, 0.1) is 0 Å². The van der Waals surface area contributed by atoms with Crippen molar-refractivity contribution in [3.63, 3.8) is 0 Å². The minimum absolute atomic E-state index is 0.0147. The molecule has 0 aliphatic rings. The fourth-order valence-corrected chi connectivity index (χ4v) is 1.40. The van der Waals surface area contributed by atoms with E-state index < -0.39 is 0 Å². The van der Waals surface area contributed by atoms with Crippen molar-refractivity contribution >= 4 is 5.91 Å². The van der Waals surface area contributed by atoms with Crippen LogP contribution >= 0.6 is 0 Å². The Morgan fingerprint density at radius 1 is 1.43 bits per heavy atom. The van der Waals surface area contributed by atoms with E-state index in [1.165, 1.54) is 12.8 Å². The van der Waals surface area contributed by atoms with Crippen LogP contribution in [0.5, 0.6) is 0 Å². The van der Waals surface area contributed by atoms with E-state index in [1.54, 1.807) is 0 Å². The summed E-state index contributed by atoms with van der Waals surface area (Å²) >= 11 is 0. The number of nitrogens with two attached hydrogens (primary N) is 1. The lowest BCUT2D eigenvalue weighted by Gasteiger charge is -2.17. The van der Waals surface area contributed by atoms with Gasteiger partial charge in [-0.3, -0.25) is 4.79 Å². The van der Waals surface area contributed by atoms with Gasteiger partial charge in [0.15, 0.2) is 0 Å². The van der Waals surface area contributed by atoms with Gasteiger partial charge in [-0.25, -0.2) is 0 Å². The Hall–Kier alpha value is -0.570. The van der Waals surface area contributed by atoms with Crippen LogP contribution < -0.4 is 11.1 Å². The van der Waals surface area contributed by atoms with Crippen LogP contribution in [0.4, 0.5) is 0 Å². The van der Waals surface area contributed by atoms with Gasteiger partial charge < -0.3 is 11.1 Å². The summed E-state index contributed by atoms with van der Waals surface area (Å²) in [5.74, 6) is 0.0951. The number of hydrogen-bond acceptors (Lipinski definition) is 2. The maximum Gasteiger partial charge on any atom is 0.224 e. The lowest BCUT2D eigenvalue weighted by atomic mass is 10.0. The molecule has 0 fully saturated rings. The van der Waals surface area contributed by atoms with Gasteiger partial charge in [0.2, 0.25) is 5.91 Å². The van der Waals surface area contributed by atoms with Crippen molar-refractivity contribution in [1.29, 1.82) is 0 Å². The molecule has 3 heteroatoms. The third-order valence-electron chi connectivity index (χ3n) is 2.53. The highest BCUT2D eigenvalue weighted by molar-refractivity contribution is 5.79. The van der Waals surface area contributed by atoms with Crippen molar-refractivity contribution in [3.8, 4) is 0 Å². The summed E-state index contributed by atoms with van der Waals surface area (Å²) in [6.45, 7) is 6.65. The van der Waals surface area contributed by atoms with Gasteiger partial charge in [-0.15, -0.1) is 0 Å². The summed E-state index contributed by atoms with van der Waals surface area (Å²) in [7, 11) is 0. The maximum atomic E-state index is 11.6. The zero-order chi connectivity index (χ0) is 11.0. The summed E-state index contributed by atoms with van der Waals surface area (Å²) in [5, 5.41) is 3.00. The predicted octanol–water partition coefficient (Wildman–Crippen LogP) is 1.67. The molecule has 3 N–H and O–H groups in total. The minimum atomic E-state index is -0.0147. The van der Waals surface area contributed by atoms with Crippen molar-refractivity contribution in [3.05, 3.63) is 0 Å². The average Bonchev–Trinajstić information content (AvgIpc) is 2.16. The molecule has 0 aliphatic carbocycles. The molecule has 0 saturated carbocycles. The number of unbranched alkanes of at least 4 members (excludes halogenated alkanes) is 1. The Labute approximate surface area is 87.4 Å². The second-order valence-electron chi connectivity index (χ2n) is 3.89. The number of carbonyl (C=O) groups is 1. The smallest absolute Gasteiger partial charge is 0.224 e. The number of hydrogen-bond donors (Lipinski definition) is 2. The highest BCUT2D eigenvalue weighted by Crippen LogP contribution is 2.03. The molecule has 0 bridgehead atoms. The van der Waals surface area contributed by atoms with E-state index in [0.717, 1.165) is 12.8 Å². The highest BCUT2D eigenvalue weighted by Gasteiger charge is 2.15. The summed E-state index contributed by atoms with van der Waals surface area (Å²) in [6.07, 6.45) is 4.22. The molecular formula is C11H24N2O. The van der Waals surface area contributed by atoms with Crippen molar-refractivity contribution in [2.24, 2.45) is 11.7 Å². The molecule has 2 atom stereocenters. The number of rotatable bonds is 7. The van der Waals surface area contributed by atoms with E-state index in [0.29, 0.717) is 6.54 Å². The van der Waals surface area contributed by atoms with Crippen LogP contribution in [0.2, 0.25) is 0 Å². The first-order chi connectivity index (χ1) is 6.65. The van der Waals surface area contributed by atoms with Crippen LogP contribution in [0, 0.1) is 5.92 Å². The summed E-state index contributed by atoms with van der Waals surface area (Å²) in [6, 6.07) is 0.281. The van der Waals surface area contributed by atoms with Crippen LogP contribution in [-0.2, 0) is 4.79 Å². The van der Waals surface area contributed by atoms with Crippen molar-refractivity contribution in [1.82, 2.24) is 5.32 Å². The van der Waals surface area contributed by atoms with Crippen molar-refractivity contribution in [2.45, 2.75) is 52.5 Å². The fourth-order valence-electron chi connectivity index (χ4n) is 1.40. The summed E-state index contributed by atoms with van der Waals surface area (Å²) in [4.78, 5) is 11.6. The monoisotopic (exact) mass is 200 g/mol. The third-order valence-corrected chi connectivity index (χ3v) is 2.53. The van der Waals surface area contributed by atoms with Gasteiger partial charge in [0.25, 0.3) is 0 Å². The molecule has 84 valence electrons. The zero-order valence-electron chi connectivity index (χ0n) is 9.68. The summed E-state index contributed by atoms with van der Waals surface area (Å²) < 4.78 is 0. The Balaban J connectivity index is 3.79. The van der Waals surface area contributed by atoms with Gasteiger partial charge in [0, 0.05) is 18.5 Å². The Morgan fingerprint density at radius 3 is 2.50 bits per heavy atom. The molecule has 0 aliphatic heterocycles. The van der Waals surface area contributed by atoms with E-state index in [2.05, 4.69) is 19.2 Å². The van der Waals surface area contributed by atoms with E-state index in [-0.39, 0.29) is 17.9 Å². The first kappa shape index (κ1) is 13.4. The Morgan fingerprint density at radius 2 is 2.07 bits per heavy atom. The van der Waals surface area contributed by atoms with Crippen LogP contribution in [0.15, 0.2) is 0 Å². The number of amides is 1. The van der Waals surface area contributed by atoms with E-state index in [1.807, 2.05) is 6.92 Å². The second kappa shape index (κ2) is 7.80. The van der Waals surface area contributed by atoms with E-state index in [4.69, 9.17) is 5.73 Å². The lowest BCUT2D eigenvalue weighted by Crippen LogP contribution is -2.39. The van der Waals surface area contributed by atoms with Crippen LogP contribution in [0.1, 0.15) is 46.5 Å². The molecule has 0 saturated heterocycles. The normalized spacial score (nSPS) is 14.9. The van der Waals surface area contributed by atoms with E-state index in [9.17, 15) is 4.79 Å². The molecule has 14 heavy (non-hydrogen) atoms. The molecule has 0 spiro atoms. The molecular weight excluding hydrogens is 176 g/mol. The molecule has 0 aromatic carbocycles. The highest BCUT2D eigenvalue weighted by atomic mass is 16.1. The van der Waals surface area contributed by atoms with Crippen molar-refractivity contribution in [2.75, 3.05) is 6.54 Å². The number of carbonyl (C=O) groups excluding carboxylic acids is 1. The van der Waals surface area contributed by atoms with Gasteiger partial charge in [-0.05, 0) is 19.8 Å². The van der Waals surface area contributed by atoms with Crippen LogP contribution in [0.25, 0.3) is 0 Å². The standard InChI is InChI=1S/C11H24N2O/c1-4-6-7-9(3)13-11(14)10(5-2)8-12/h9-10H,4-8,12H2,1-3H3,(H,13,14). The summed E-state index contributed by atoms with van der Waals surface area (Å²) in [5.41, 5.74) is 5.50. The first-order valence-corrected chi connectivity index (χ1v) is 5.66. The fraction of sp³-hybridized carbons (Fsp3) is 0.909. The zero-order valence-corrected chi connectivity index (χ0v) is 9.68. The molecule has 0 aromatic heterocycles. The quantitative estimate of drug-likeness (QED) is 0.657. The Kier molecular flexibility index (Phi) is 7.48. The van der Waals surface area contributed by atoms with Gasteiger partial charge in [-0.1, -0.05) is 26.7 Å². The molecule has 0 radical (unpaired) electrons. The van der Waals surface area contributed by atoms with Crippen molar-refractivity contribution < 1.29 is 4.79 Å². The molecule has 1 amide bonds. The second-order valence-corrected chi connectivity index (χ2v) is 3.89. The molecule has 2 unspecified atom stereocenters. The topological polar surface area (TPSA) is 55.1 Å². The predicted molar refractivity (Wildman–Crippen MR) is 60.0 cm³/mol. The molecule has 0 rings (SSSR count). The molecule has 0 heterocycles. The largest absolute Gasteiger partial charge is 0.353 e. The SMILES string of the molecule is CCCCC(C)NC(=O)C(CC)CN. The molecule has 3 nitrogen and oxygen atoms in total.